The number of para-hydroxylation sites is 1. The molecule has 6 heteroatoms. The van der Waals surface area contributed by atoms with Crippen molar-refractivity contribution in [1.82, 2.24) is 10.2 Å². The Bertz CT molecular complexity index is 1150. The number of benzene rings is 3. The van der Waals surface area contributed by atoms with Crippen LogP contribution in [0.1, 0.15) is 79.4 Å². The largest absolute Gasteiger partial charge is 0.352 e. The molecule has 1 saturated heterocycles. The number of hydrogen-bond donors (Lipinski definition) is 2. The van der Waals surface area contributed by atoms with Gasteiger partial charge in [0.25, 0.3) is 5.91 Å². The molecule has 0 aromatic heterocycles. The lowest BCUT2D eigenvalue weighted by atomic mass is 9.89. The highest BCUT2D eigenvalue weighted by atomic mass is 16.2. The van der Waals surface area contributed by atoms with E-state index in [4.69, 9.17) is 5.73 Å². The summed E-state index contributed by atoms with van der Waals surface area (Å²) >= 11 is 0. The number of nitrogens with two attached hydrogens (primary N) is 1. The first-order chi connectivity index (χ1) is 19.6. The van der Waals surface area contributed by atoms with Gasteiger partial charge in [-0.25, -0.2) is 4.79 Å². The number of unbranched alkanes of at least 4 members (excludes halogenated alkanes) is 3. The van der Waals surface area contributed by atoms with E-state index >= 15 is 0 Å². The molecule has 3 aromatic carbocycles. The van der Waals surface area contributed by atoms with Crippen LogP contribution in [-0.2, 0) is 0 Å². The predicted octanol–water partition coefficient (Wildman–Crippen LogP) is 6.77. The third-order valence-corrected chi connectivity index (χ3v) is 8.02. The summed E-state index contributed by atoms with van der Waals surface area (Å²) in [5.41, 5.74) is 9.45. The van der Waals surface area contributed by atoms with E-state index in [1.54, 1.807) is 6.07 Å². The van der Waals surface area contributed by atoms with E-state index in [0.717, 1.165) is 58.0 Å². The van der Waals surface area contributed by atoms with E-state index in [1.807, 2.05) is 18.2 Å². The normalized spacial score (nSPS) is 14.2. The molecular weight excluding hydrogens is 496 g/mol. The van der Waals surface area contributed by atoms with E-state index < -0.39 is 6.03 Å². The average Bonchev–Trinajstić information content (AvgIpc) is 2.99. The predicted molar refractivity (Wildman–Crippen MR) is 163 cm³/mol. The number of nitrogens with zero attached hydrogens (tertiary/aromatic N) is 2. The number of hydrogen-bond acceptors (Lipinski definition) is 3. The molecule has 0 aliphatic carbocycles. The zero-order chi connectivity index (χ0) is 28.2. The molecule has 0 bridgehead atoms. The smallest absolute Gasteiger partial charge is 0.319 e. The van der Waals surface area contributed by atoms with E-state index in [-0.39, 0.29) is 11.9 Å². The lowest BCUT2D eigenvalue weighted by Gasteiger charge is -2.38. The molecule has 3 amide bonds. The SMILES string of the molecule is CCCCCCN(C(N)=O)c1ccccc1C(=O)NCCC1CCN(C(c2ccccc2)c2ccccc2)CC1. The van der Waals surface area contributed by atoms with Crippen molar-refractivity contribution in [3.8, 4) is 0 Å². The first-order valence-electron chi connectivity index (χ1n) is 14.9. The first-order valence-corrected chi connectivity index (χ1v) is 14.9. The maximum absolute atomic E-state index is 13.2. The molecule has 0 saturated carbocycles. The Balaban J connectivity index is 1.31. The van der Waals surface area contributed by atoms with Crippen molar-refractivity contribution in [2.24, 2.45) is 11.7 Å². The van der Waals surface area contributed by atoms with Crippen molar-refractivity contribution in [3.05, 3.63) is 102 Å². The van der Waals surface area contributed by atoms with Gasteiger partial charge in [-0.05, 0) is 68.0 Å². The second kappa shape index (κ2) is 15.2. The Morgan fingerprint density at radius 3 is 2.08 bits per heavy atom. The fourth-order valence-electron chi connectivity index (χ4n) is 5.82. The summed E-state index contributed by atoms with van der Waals surface area (Å²) in [6.07, 6.45) is 7.29. The highest BCUT2D eigenvalue weighted by Gasteiger charge is 2.27. The number of carbonyl (C=O) groups excluding carboxylic acids is 2. The van der Waals surface area contributed by atoms with Gasteiger partial charge >= 0.3 is 6.03 Å². The van der Waals surface area contributed by atoms with Crippen molar-refractivity contribution >= 4 is 17.6 Å². The van der Waals surface area contributed by atoms with Gasteiger partial charge in [0.2, 0.25) is 0 Å². The molecule has 0 atom stereocenters. The number of piperidine rings is 1. The average molecular weight is 541 g/mol. The van der Waals surface area contributed by atoms with Crippen LogP contribution in [0.4, 0.5) is 10.5 Å². The fraction of sp³-hybridized carbons (Fsp3) is 0.412. The zero-order valence-corrected chi connectivity index (χ0v) is 23.8. The molecule has 0 unspecified atom stereocenters. The Morgan fingerprint density at radius 1 is 0.875 bits per heavy atom. The van der Waals surface area contributed by atoms with Crippen molar-refractivity contribution < 1.29 is 9.59 Å². The molecule has 212 valence electrons. The number of primary amides is 1. The van der Waals surface area contributed by atoms with E-state index in [1.165, 1.54) is 16.0 Å². The summed E-state index contributed by atoms with van der Waals surface area (Å²) in [5.74, 6) is 0.417. The zero-order valence-electron chi connectivity index (χ0n) is 23.8. The molecule has 40 heavy (non-hydrogen) atoms. The quantitative estimate of drug-likeness (QED) is 0.235. The van der Waals surface area contributed by atoms with Gasteiger partial charge in [-0.15, -0.1) is 0 Å². The van der Waals surface area contributed by atoms with E-state index in [0.29, 0.717) is 30.3 Å². The van der Waals surface area contributed by atoms with Gasteiger partial charge in [-0.3, -0.25) is 14.6 Å². The van der Waals surface area contributed by atoms with Crippen LogP contribution in [0.2, 0.25) is 0 Å². The number of urea groups is 1. The van der Waals surface area contributed by atoms with Gasteiger partial charge < -0.3 is 11.1 Å². The van der Waals surface area contributed by atoms with Crippen LogP contribution >= 0.6 is 0 Å². The van der Waals surface area contributed by atoms with Crippen molar-refractivity contribution in [3.63, 3.8) is 0 Å². The summed E-state index contributed by atoms with van der Waals surface area (Å²) in [5, 5.41) is 3.11. The van der Waals surface area contributed by atoms with Gasteiger partial charge in [0.1, 0.15) is 0 Å². The van der Waals surface area contributed by atoms with Crippen LogP contribution in [-0.4, -0.2) is 43.0 Å². The summed E-state index contributed by atoms with van der Waals surface area (Å²) in [6.45, 7) is 5.35. The van der Waals surface area contributed by atoms with Gasteiger partial charge in [0, 0.05) is 13.1 Å². The van der Waals surface area contributed by atoms with Crippen LogP contribution in [0, 0.1) is 5.92 Å². The lowest BCUT2D eigenvalue weighted by molar-refractivity contribution is 0.0946. The molecule has 1 heterocycles. The molecule has 1 aliphatic heterocycles. The van der Waals surface area contributed by atoms with Gasteiger partial charge in [-0.2, -0.15) is 0 Å². The number of anilines is 1. The standard InChI is InChI=1S/C34H44N4O2/c1-2-3-4-13-24-38(34(35)40)31-19-12-11-18-30(31)33(39)36-23-20-27-21-25-37(26-22-27)32(28-14-7-5-8-15-28)29-16-9-6-10-17-29/h5-12,14-19,27,32H,2-4,13,20-26H2,1H3,(H2,35,40)(H,36,39). The van der Waals surface area contributed by atoms with Crippen LogP contribution < -0.4 is 16.0 Å². The topological polar surface area (TPSA) is 78.7 Å². The highest BCUT2D eigenvalue weighted by molar-refractivity contribution is 6.04. The third kappa shape index (κ3) is 7.95. The van der Waals surface area contributed by atoms with Gasteiger partial charge in [0.15, 0.2) is 0 Å². The maximum Gasteiger partial charge on any atom is 0.319 e. The monoisotopic (exact) mass is 540 g/mol. The van der Waals surface area contributed by atoms with Crippen LogP contribution in [0.15, 0.2) is 84.9 Å². The Hall–Kier alpha value is -3.64. The summed E-state index contributed by atoms with van der Waals surface area (Å²) in [6, 6.07) is 28.5. The van der Waals surface area contributed by atoms with Crippen LogP contribution in [0.5, 0.6) is 0 Å². The molecule has 6 nitrogen and oxygen atoms in total. The highest BCUT2D eigenvalue weighted by Crippen LogP contribution is 2.33. The molecular formula is C34H44N4O2. The molecule has 3 aromatic rings. The number of nitrogens with one attached hydrogen (secondary N) is 1. The summed E-state index contributed by atoms with van der Waals surface area (Å²) in [7, 11) is 0. The Morgan fingerprint density at radius 2 is 1.48 bits per heavy atom. The molecule has 1 fully saturated rings. The maximum atomic E-state index is 13.2. The van der Waals surface area contributed by atoms with Gasteiger partial charge in [0.05, 0.1) is 17.3 Å². The Kier molecular flexibility index (Phi) is 11.2. The second-order valence-electron chi connectivity index (χ2n) is 10.8. The van der Waals surface area contributed by atoms with Crippen molar-refractivity contribution in [2.75, 3.05) is 31.1 Å². The summed E-state index contributed by atoms with van der Waals surface area (Å²) < 4.78 is 0. The Labute approximate surface area is 239 Å². The number of likely N-dealkylation sites (tertiary alicyclic amines) is 1. The minimum absolute atomic E-state index is 0.152. The molecule has 1 aliphatic rings. The molecule has 3 N–H and O–H groups in total. The first kappa shape index (κ1) is 29.3. The summed E-state index contributed by atoms with van der Waals surface area (Å²) in [4.78, 5) is 29.5. The van der Waals surface area contributed by atoms with Crippen molar-refractivity contribution in [1.29, 1.82) is 0 Å². The van der Waals surface area contributed by atoms with Crippen molar-refractivity contribution in [2.45, 2.75) is 57.9 Å². The van der Waals surface area contributed by atoms with E-state index in [2.05, 4.69) is 77.8 Å². The van der Waals surface area contributed by atoms with E-state index in [9.17, 15) is 9.59 Å². The minimum atomic E-state index is -0.521. The lowest BCUT2D eigenvalue weighted by Crippen LogP contribution is -2.39. The number of carbonyl (C=O) groups is 2. The van der Waals surface area contributed by atoms with Crippen LogP contribution in [0.3, 0.4) is 0 Å². The van der Waals surface area contributed by atoms with Gasteiger partial charge in [-0.1, -0.05) is 99.0 Å². The van der Waals surface area contributed by atoms with Crippen LogP contribution in [0.25, 0.3) is 0 Å². The minimum Gasteiger partial charge on any atom is -0.352 e. The molecule has 0 spiro atoms. The second-order valence-corrected chi connectivity index (χ2v) is 10.8. The fourth-order valence-corrected chi connectivity index (χ4v) is 5.82. The number of amides is 3. The number of rotatable bonds is 13. The molecule has 0 radical (unpaired) electrons. The molecule has 4 rings (SSSR count). The third-order valence-electron chi connectivity index (χ3n) is 8.02.